The van der Waals surface area contributed by atoms with Crippen LogP contribution in [0.15, 0.2) is 91.0 Å². The van der Waals surface area contributed by atoms with Crippen LogP contribution in [0.2, 0.25) is 0 Å². The molecule has 50 heavy (non-hydrogen) atoms. The van der Waals surface area contributed by atoms with Gasteiger partial charge in [0.05, 0.1) is 18.0 Å². The number of carbonyl (C=O) groups is 4. The number of hydrogen-bond acceptors (Lipinski definition) is 8. The molecule has 11 nitrogen and oxygen atoms in total. The number of thioether (sulfide) groups is 1. The van der Waals surface area contributed by atoms with E-state index in [1.807, 2.05) is 91.0 Å². The Balaban J connectivity index is 1.63. The van der Waals surface area contributed by atoms with Crippen molar-refractivity contribution in [3.8, 4) is 0 Å². The molecule has 0 unspecified atom stereocenters. The Morgan fingerprint density at radius 3 is 1.80 bits per heavy atom. The Kier molecular flexibility index (Phi) is 14.3. The van der Waals surface area contributed by atoms with Crippen molar-refractivity contribution in [1.82, 2.24) is 20.9 Å². The van der Waals surface area contributed by atoms with Crippen molar-refractivity contribution in [2.45, 2.75) is 56.0 Å². The zero-order valence-corrected chi connectivity index (χ0v) is 29.9. The molecular formula is C38H49N5O6S. The molecule has 1 fully saturated rings. The summed E-state index contributed by atoms with van der Waals surface area (Å²) >= 11 is 1.49. The Labute approximate surface area is 299 Å². The number of nitrogens with two attached hydrogens (primary N) is 1. The lowest BCUT2D eigenvalue weighted by molar-refractivity contribution is -0.130. The second-order valence-corrected chi connectivity index (χ2v) is 14.3. The fourth-order valence-electron chi connectivity index (χ4n) is 5.72. The van der Waals surface area contributed by atoms with Crippen LogP contribution in [0.25, 0.3) is 0 Å². The Morgan fingerprint density at radius 2 is 1.32 bits per heavy atom. The van der Waals surface area contributed by atoms with Crippen LogP contribution in [-0.2, 0) is 28.6 Å². The molecule has 3 aromatic carbocycles. The van der Waals surface area contributed by atoms with Gasteiger partial charge in [0.1, 0.15) is 17.7 Å². The lowest BCUT2D eigenvalue weighted by Gasteiger charge is -2.36. The molecule has 0 bridgehead atoms. The maximum atomic E-state index is 14.1. The highest BCUT2D eigenvalue weighted by atomic mass is 32.2. The predicted octanol–water partition coefficient (Wildman–Crippen LogP) is 3.80. The maximum Gasteiger partial charge on any atom is 0.408 e. The number of rotatable bonds is 16. The van der Waals surface area contributed by atoms with E-state index in [0.717, 1.165) is 29.8 Å². The van der Waals surface area contributed by atoms with Gasteiger partial charge in [-0.1, -0.05) is 91.0 Å². The highest BCUT2D eigenvalue weighted by molar-refractivity contribution is 8.00. The van der Waals surface area contributed by atoms with Crippen LogP contribution in [0.3, 0.4) is 0 Å². The van der Waals surface area contributed by atoms with E-state index in [0.29, 0.717) is 26.3 Å². The zero-order chi connectivity index (χ0) is 36.0. The van der Waals surface area contributed by atoms with Crippen LogP contribution in [0.1, 0.15) is 50.3 Å². The second-order valence-electron chi connectivity index (χ2n) is 13.1. The first-order valence-electron chi connectivity index (χ1n) is 16.9. The minimum absolute atomic E-state index is 0.00125. The molecule has 0 spiro atoms. The van der Waals surface area contributed by atoms with Crippen LogP contribution < -0.4 is 21.7 Å². The fourth-order valence-corrected chi connectivity index (χ4v) is 7.28. The molecule has 4 rings (SSSR count). The van der Waals surface area contributed by atoms with Gasteiger partial charge in [0.2, 0.25) is 17.7 Å². The molecule has 5 N–H and O–H groups in total. The first-order valence-corrected chi connectivity index (χ1v) is 17.9. The molecule has 0 saturated carbocycles. The monoisotopic (exact) mass is 703 g/mol. The number of nitrogens with one attached hydrogen (secondary N) is 3. The minimum atomic E-state index is -1.12. The maximum absolute atomic E-state index is 14.1. The third-order valence-electron chi connectivity index (χ3n) is 8.16. The predicted molar refractivity (Wildman–Crippen MR) is 195 cm³/mol. The Hall–Kier alpha value is -4.39. The third kappa shape index (κ3) is 11.3. The molecule has 0 aromatic heterocycles. The number of amides is 4. The summed E-state index contributed by atoms with van der Waals surface area (Å²) in [5.41, 5.74) is 7.57. The molecule has 0 aliphatic carbocycles. The van der Waals surface area contributed by atoms with Crippen LogP contribution in [-0.4, -0.2) is 91.5 Å². The number of ether oxygens (including phenoxy) is 2. The first kappa shape index (κ1) is 38.4. The van der Waals surface area contributed by atoms with Gasteiger partial charge in [0.15, 0.2) is 0 Å². The molecule has 1 heterocycles. The van der Waals surface area contributed by atoms with Crippen LogP contribution in [0, 0.1) is 0 Å². The average Bonchev–Trinajstić information content (AvgIpc) is 3.10. The number of primary amides is 1. The van der Waals surface area contributed by atoms with E-state index in [4.69, 9.17) is 15.2 Å². The molecule has 268 valence electrons. The summed E-state index contributed by atoms with van der Waals surface area (Å²) in [5.74, 6) is -1.53. The van der Waals surface area contributed by atoms with Gasteiger partial charge in [-0.2, -0.15) is 0 Å². The summed E-state index contributed by atoms with van der Waals surface area (Å²) in [5, 5.41) is 8.45. The lowest BCUT2D eigenvalue weighted by atomic mass is 9.84. The van der Waals surface area contributed by atoms with Gasteiger partial charge in [-0.25, -0.2) is 4.79 Å². The summed E-state index contributed by atoms with van der Waals surface area (Å²) < 4.78 is 10.2. The summed E-state index contributed by atoms with van der Waals surface area (Å²) in [6, 6.07) is 27.8. The highest BCUT2D eigenvalue weighted by Crippen LogP contribution is 2.48. The summed E-state index contributed by atoms with van der Waals surface area (Å²) in [6.45, 7) is 8.99. The molecular weight excluding hydrogens is 655 g/mol. The molecule has 1 aliphatic rings. The van der Waals surface area contributed by atoms with E-state index in [2.05, 4.69) is 20.9 Å². The highest BCUT2D eigenvalue weighted by Gasteiger charge is 2.39. The van der Waals surface area contributed by atoms with Crippen LogP contribution >= 0.6 is 11.8 Å². The Bertz CT molecular complexity index is 1430. The number of alkyl carbamates (subject to hydrolysis) is 1. The lowest BCUT2D eigenvalue weighted by Crippen LogP contribution is -2.56. The largest absolute Gasteiger partial charge is 0.444 e. The van der Waals surface area contributed by atoms with Crippen molar-refractivity contribution in [2.75, 3.05) is 45.1 Å². The minimum Gasteiger partial charge on any atom is -0.444 e. The first-order chi connectivity index (χ1) is 24.0. The molecule has 1 saturated heterocycles. The molecule has 3 aromatic rings. The molecule has 12 heteroatoms. The molecule has 1 aliphatic heterocycles. The number of nitrogens with zero attached hydrogens (tertiary/aromatic N) is 1. The van der Waals surface area contributed by atoms with Crippen molar-refractivity contribution in [3.63, 3.8) is 0 Å². The smallest absolute Gasteiger partial charge is 0.408 e. The van der Waals surface area contributed by atoms with Gasteiger partial charge in [0.25, 0.3) is 0 Å². The van der Waals surface area contributed by atoms with E-state index in [9.17, 15) is 19.2 Å². The second kappa shape index (κ2) is 18.6. The molecule has 4 amide bonds. The number of morpholine rings is 1. The average molecular weight is 704 g/mol. The normalized spacial score (nSPS) is 14.9. The van der Waals surface area contributed by atoms with Crippen molar-refractivity contribution >= 4 is 35.6 Å². The van der Waals surface area contributed by atoms with E-state index in [-0.39, 0.29) is 18.6 Å². The van der Waals surface area contributed by atoms with Crippen LogP contribution in [0.4, 0.5) is 4.79 Å². The van der Waals surface area contributed by atoms with Crippen molar-refractivity contribution in [1.29, 1.82) is 0 Å². The molecule has 2 atom stereocenters. The number of hydrogen-bond donors (Lipinski definition) is 4. The van der Waals surface area contributed by atoms with Crippen LogP contribution in [0.5, 0.6) is 0 Å². The van der Waals surface area contributed by atoms with E-state index in [1.54, 1.807) is 20.8 Å². The summed E-state index contributed by atoms with van der Waals surface area (Å²) in [7, 11) is 0. The quantitative estimate of drug-likeness (QED) is 0.165. The summed E-state index contributed by atoms with van der Waals surface area (Å²) in [4.78, 5) is 54.6. The third-order valence-corrected chi connectivity index (χ3v) is 9.80. The number of carbonyl (C=O) groups excluding carboxylic acids is 4. The van der Waals surface area contributed by atoms with Gasteiger partial charge in [0, 0.05) is 38.4 Å². The molecule has 0 radical (unpaired) electrons. The van der Waals surface area contributed by atoms with Gasteiger partial charge in [-0.05, 0) is 43.9 Å². The van der Waals surface area contributed by atoms with E-state index >= 15 is 0 Å². The van der Waals surface area contributed by atoms with Crippen molar-refractivity contribution < 1.29 is 28.7 Å². The van der Waals surface area contributed by atoms with Gasteiger partial charge in [-0.15, -0.1) is 11.8 Å². The summed E-state index contributed by atoms with van der Waals surface area (Å²) in [6.07, 6.45) is -0.884. The fraction of sp³-hybridized carbons (Fsp3) is 0.421. The van der Waals surface area contributed by atoms with Gasteiger partial charge < -0.3 is 31.2 Å². The SMILES string of the molecule is CC(C)(C)OC(=O)N[C@@H](CSC(c1ccccc1)(c1ccccc1)c1ccccc1)C(=O)N[C@@H](CCC(N)=O)C(=O)NCCN1CCOCC1. The van der Waals surface area contributed by atoms with E-state index in [1.165, 1.54) is 11.8 Å². The van der Waals surface area contributed by atoms with Gasteiger partial charge in [-0.3, -0.25) is 19.3 Å². The Morgan fingerprint density at radius 1 is 0.800 bits per heavy atom. The number of benzene rings is 3. The topological polar surface area (TPSA) is 152 Å². The van der Waals surface area contributed by atoms with Crippen molar-refractivity contribution in [3.05, 3.63) is 108 Å². The zero-order valence-electron chi connectivity index (χ0n) is 29.1. The van der Waals surface area contributed by atoms with Gasteiger partial charge >= 0.3 is 6.09 Å². The van der Waals surface area contributed by atoms with E-state index < -0.39 is 46.2 Å². The van der Waals surface area contributed by atoms with Crippen molar-refractivity contribution in [2.24, 2.45) is 5.73 Å². The standard InChI is InChI=1S/C38H49N5O6S/c1-37(2,3)49-36(47)42-32(35(46)41-31(19-20-33(39)44)34(45)40-21-22-43-23-25-48-26-24-43)27-50-38(28-13-7-4-8-14-28,29-15-9-5-10-16-29)30-17-11-6-12-18-30/h4-18,31-32H,19-27H2,1-3H3,(H2,39,44)(H,40,45)(H,41,46)(H,42,47)/t31-,32-/m0/s1.